The standard InChI is InChI=1S/C54H34N4/c1-4-17-36(18-5-1)46-34-47(37-19-6-2-7-20-37)56-54(55-46)58-49-30-29-38(32-45(49)52-40-23-11-10-16-35(40)28-31-50(52)58)44-33-51-53(42-25-13-12-24-41(42)44)43-26-14-15-27-48(43)57(51)39-21-8-3-9-22-39/h1-34H. The maximum atomic E-state index is 5.32. The van der Waals surface area contributed by atoms with Crippen molar-refractivity contribution in [2.45, 2.75) is 0 Å². The summed E-state index contributed by atoms with van der Waals surface area (Å²) in [5.41, 5.74) is 11.9. The molecule has 3 heterocycles. The van der Waals surface area contributed by atoms with Crippen LogP contribution in [0.25, 0.3) is 110 Å². The van der Waals surface area contributed by atoms with E-state index < -0.39 is 0 Å². The molecule has 0 saturated carbocycles. The van der Waals surface area contributed by atoms with E-state index in [2.05, 4.69) is 203 Å². The Hall–Kier alpha value is -7.82. The minimum Gasteiger partial charge on any atom is -0.309 e. The van der Waals surface area contributed by atoms with Crippen molar-refractivity contribution in [2.75, 3.05) is 0 Å². The minimum absolute atomic E-state index is 0.641. The number of nitrogens with zero attached hydrogens (tertiary/aromatic N) is 4. The highest BCUT2D eigenvalue weighted by Crippen LogP contribution is 2.44. The van der Waals surface area contributed by atoms with Crippen molar-refractivity contribution in [1.29, 1.82) is 0 Å². The first-order valence-electron chi connectivity index (χ1n) is 19.8. The molecule has 9 aromatic carbocycles. The van der Waals surface area contributed by atoms with Crippen molar-refractivity contribution < 1.29 is 0 Å². The van der Waals surface area contributed by atoms with E-state index in [1.165, 1.54) is 54.3 Å². The van der Waals surface area contributed by atoms with Gasteiger partial charge in [0.25, 0.3) is 0 Å². The third kappa shape index (κ3) is 4.95. The minimum atomic E-state index is 0.641. The Labute approximate surface area is 334 Å². The van der Waals surface area contributed by atoms with Gasteiger partial charge in [0, 0.05) is 38.4 Å². The number of para-hydroxylation sites is 2. The first-order valence-corrected chi connectivity index (χ1v) is 19.8. The topological polar surface area (TPSA) is 35.6 Å². The number of hydrogen-bond donors (Lipinski definition) is 0. The highest BCUT2D eigenvalue weighted by atomic mass is 15.2. The lowest BCUT2D eigenvalue weighted by atomic mass is 9.93. The van der Waals surface area contributed by atoms with Crippen LogP contribution in [0.2, 0.25) is 0 Å². The number of fused-ring (bicyclic) bond motifs is 10. The zero-order valence-corrected chi connectivity index (χ0v) is 31.4. The molecule has 0 aliphatic rings. The molecule has 12 rings (SSSR count). The van der Waals surface area contributed by atoms with Crippen LogP contribution in [0.3, 0.4) is 0 Å². The van der Waals surface area contributed by atoms with Crippen LogP contribution in [0, 0.1) is 0 Å². The number of rotatable bonds is 5. The van der Waals surface area contributed by atoms with Gasteiger partial charge in [0.2, 0.25) is 5.95 Å². The van der Waals surface area contributed by atoms with Crippen molar-refractivity contribution in [3.8, 4) is 45.3 Å². The van der Waals surface area contributed by atoms with E-state index in [-0.39, 0.29) is 0 Å². The maximum Gasteiger partial charge on any atom is 0.235 e. The van der Waals surface area contributed by atoms with Crippen LogP contribution < -0.4 is 0 Å². The summed E-state index contributed by atoms with van der Waals surface area (Å²) in [5.74, 6) is 0.641. The summed E-state index contributed by atoms with van der Waals surface area (Å²) >= 11 is 0. The third-order valence-corrected chi connectivity index (χ3v) is 11.7. The van der Waals surface area contributed by atoms with E-state index in [9.17, 15) is 0 Å². The lowest BCUT2D eigenvalue weighted by Crippen LogP contribution is -2.04. The monoisotopic (exact) mass is 738 g/mol. The molecule has 0 aliphatic heterocycles. The van der Waals surface area contributed by atoms with Crippen molar-refractivity contribution in [1.82, 2.24) is 19.1 Å². The van der Waals surface area contributed by atoms with Gasteiger partial charge in [-0.3, -0.25) is 4.57 Å². The zero-order chi connectivity index (χ0) is 38.2. The van der Waals surface area contributed by atoms with Crippen LogP contribution in [0.1, 0.15) is 0 Å². The molecule has 0 amide bonds. The molecule has 3 aromatic heterocycles. The second kappa shape index (κ2) is 12.9. The summed E-state index contributed by atoms with van der Waals surface area (Å²) in [5, 5.41) is 9.74. The second-order valence-electron chi connectivity index (χ2n) is 15.0. The van der Waals surface area contributed by atoms with Crippen LogP contribution in [0.15, 0.2) is 206 Å². The molecule has 0 N–H and O–H groups in total. The Morgan fingerprint density at radius 2 is 0.862 bits per heavy atom. The molecule has 58 heavy (non-hydrogen) atoms. The van der Waals surface area contributed by atoms with Gasteiger partial charge >= 0.3 is 0 Å². The molecule has 0 atom stereocenters. The smallest absolute Gasteiger partial charge is 0.235 e. The highest BCUT2D eigenvalue weighted by molar-refractivity contribution is 6.25. The van der Waals surface area contributed by atoms with Crippen LogP contribution in [0.4, 0.5) is 0 Å². The van der Waals surface area contributed by atoms with Crippen LogP contribution in [0.5, 0.6) is 0 Å². The summed E-state index contributed by atoms with van der Waals surface area (Å²) in [6.07, 6.45) is 0. The van der Waals surface area contributed by atoms with Crippen molar-refractivity contribution in [2.24, 2.45) is 0 Å². The Balaban J connectivity index is 1.17. The fourth-order valence-electron chi connectivity index (χ4n) is 9.15. The predicted molar refractivity (Wildman–Crippen MR) is 242 cm³/mol. The molecular weight excluding hydrogens is 705 g/mol. The number of benzene rings is 9. The van der Waals surface area contributed by atoms with E-state index in [0.29, 0.717) is 5.95 Å². The van der Waals surface area contributed by atoms with Crippen molar-refractivity contribution in [3.05, 3.63) is 206 Å². The highest BCUT2D eigenvalue weighted by Gasteiger charge is 2.22. The van der Waals surface area contributed by atoms with Crippen molar-refractivity contribution >= 4 is 65.2 Å². The largest absolute Gasteiger partial charge is 0.309 e. The Morgan fingerprint density at radius 3 is 1.59 bits per heavy atom. The van der Waals surface area contributed by atoms with Gasteiger partial charge in [-0.05, 0) is 81.2 Å². The first kappa shape index (κ1) is 32.4. The number of hydrogen-bond acceptors (Lipinski definition) is 2. The van der Waals surface area contributed by atoms with Crippen LogP contribution in [-0.2, 0) is 0 Å². The maximum absolute atomic E-state index is 5.32. The van der Waals surface area contributed by atoms with E-state index in [4.69, 9.17) is 9.97 Å². The molecule has 270 valence electrons. The van der Waals surface area contributed by atoms with E-state index in [1.54, 1.807) is 0 Å². The first-order chi connectivity index (χ1) is 28.8. The van der Waals surface area contributed by atoms with Crippen molar-refractivity contribution in [3.63, 3.8) is 0 Å². The second-order valence-corrected chi connectivity index (χ2v) is 15.0. The number of aromatic nitrogens is 4. The molecule has 0 saturated heterocycles. The summed E-state index contributed by atoms with van der Waals surface area (Å²) in [7, 11) is 0. The molecule has 0 radical (unpaired) electrons. The predicted octanol–water partition coefficient (Wildman–Crippen LogP) is 14.0. The molecule has 4 nitrogen and oxygen atoms in total. The van der Waals surface area contributed by atoms with Gasteiger partial charge in [-0.1, -0.05) is 158 Å². The third-order valence-electron chi connectivity index (χ3n) is 11.7. The Bertz CT molecular complexity index is 3490. The zero-order valence-electron chi connectivity index (χ0n) is 31.4. The molecule has 0 spiro atoms. The molecule has 0 fully saturated rings. The van der Waals surface area contributed by atoms with Gasteiger partial charge in [0.05, 0.1) is 33.5 Å². The SMILES string of the molecule is c1ccc(-c2cc(-c3ccccc3)nc(-n3c4ccc(-c5cc6c(c7ccccc57)c5ccccc5n6-c5ccccc5)cc4c4c5ccccc5ccc43)n2)cc1. The van der Waals surface area contributed by atoms with Crippen LogP contribution in [-0.4, -0.2) is 19.1 Å². The average molecular weight is 739 g/mol. The lowest BCUT2D eigenvalue weighted by molar-refractivity contribution is 0.996. The van der Waals surface area contributed by atoms with E-state index >= 15 is 0 Å². The Morgan fingerprint density at radius 1 is 0.310 bits per heavy atom. The van der Waals surface area contributed by atoms with Gasteiger partial charge < -0.3 is 4.57 Å². The summed E-state index contributed by atoms with van der Waals surface area (Å²) in [6.45, 7) is 0. The van der Waals surface area contributed by atoms with Crippen LogP contribution >= 0.6 is 0 Å². The Kier molecular flexibility index (Phi) is 7.20. The quantitative estimate of drug-likeness (QED) is 0.176. The van der Waals surface area contributed by atoms with Gasteiger partial charge in [0.15, 0.2) is 0 Å². The molecule has 4 heteroatoms. The fraction of sp³-hybridized carbons (Fsp3) is 0. The molecule has 0 unspecified atom stereocenters. The molecule has 0 aliphatic carbocycles. The van der Waals surface area contributed by atoms with Gasteiger partial charge in [-0.15, -0.1) is 0 Å². The molecular formula is C54H34N4. The summed E-state index contributed by atoms with van der Waals surface area (Å²) in [4.78, 5) is 10.6. The van der Waals surface area contributed by atoms with Gasteiger partial charge in [-0.25, -0.2) is 9.97 Å². The molecule has 0 bridgehead atoms. The normalized spacial score (nSPS) is 11.8. The molecule has 12 aromatic rings. The summed E-state index contributed by atoms with van der Waals surface area (Å²) in [6, 6.07) is 73.8. The fourth-order valence-corrected chi connectivity index (χ4v) is 9.15. The van der Waals surface area contributed by atoms with Gasteiger partial charge in [-0.2, -0.15) is 0 Å². The average Bonchev–Trinajstić information content (AvgIpc) is 3.82. The lowest BCUT2D eigenvalue weighted by Gasteiger charge is -2.13. The summed E-state index contributed by atoms with van der Waals surface area (Å²) < 4.78 is 4.67. The van der Waals surface area contributed by atoms with E-state index in [1.807, 2.05) is 12.1 Å². The van der Waals surface area contributed by atoms with E-state index in [0.717, 1.165) is 50.2 Å². The van der Waals surface area contributed by atoms with Gasteiger partial charge in [0.1, 0.15) is 0 Å².